The molecular formula is C41H31N3OS. The van der Waals surface area contributed by atoms with Gasteiger partial charge in [-0.25, -0.2) is 4.98 Å². The molecule has 1 unspecified atom stereocenters. The number of hydrogen-bond acceptors (Lipinski definition) is 5. The molecule has 1 aromatic heterocycles. The third-order valence-corrected chi connectivity index (χ3v) is 10.4. The summed E-state index contributed by atoms with van der Waals surface area (Å²) in [5.74, 6) is 2.80. The fourth-order valence-electron chi connectivity index (χ4n) is 7.22. The van der Waals surface area contributed by atoms with Gasteiger partial charge in [-0.3, -0.25) is 0 Å². The average Bonchev–Trinajstić information content (AvgIpc) is 3.69. The molecule has 222 valence electrons. The van der Waals surface area contributed by atoms with E-state index in [0.717, 1.165) is 57.0 Å². The Morgan fingerprint density at radius 1 is 0.761 bits per heavy atom. The second-order valence-corrected chi connectivity index (χ2v) is 13.4. The third kappa shape index (κ3) is 4.27. The third-order valence-electron chi connectivity index (χ3n) is 9.60. The van der Waals surface area contributed by atoms with Crippen molar-refractivity contribution in [2.45, 2.75) is 31.6 Å². The number of ether oxygens (including phenoxy) is 1. The fourth-order valence-corrected chi connectivity index (χ4v) is 7.92. The number of benzene rings is 5. The smallest absolute Gasteiger partial charge is 0.173 e. The summed E-state index contributed by atoms with van der Waals surface area (Å²) in [7, 11) is 0. The van der Waals surface area contributed by atoms with E-state index in [-0.39, 0.29) is 11.3 Å². The van der Waals surface area contributed by atoms with Gasteiger partial charge in [0.05, 0.1) is 11.4 Å². The molecule has 0 radical (unpaired) electrons. The summed E-state index contributed by atoms with van der Waals surface area (Å²) in [6, 6.07) is 40.8. The number of hydrogen-bond donors (Lipinski definition) is 0. The van der Waals surface area contributed by atoms with Crippen LogP contribution in [0.15, 0.2) is 133 Å². The lowest BCUT2D eigenvalue weighted by molar-refractivity contribution is 0.477. The molecule has 0 N–H and O–H groups in total. The van der Waals surface area contributed by atoms with Crippen LogP contribution in [0.3, 0.4) is 0 Å². The van der Waals surface area contributed by atoms with Crippen LogP contribution in [-0.2, 0) is 5.41 Å². The Bertz CT molecular complexity index is 2180. The number of aromatic nitrogens is 2. The van der Waals surface area contributed by atoms with E-state index in [1.807, 2.05) is 24.3 Å². The predicted molar refractivity (Wildman–Crippen MR) is 189 cm³/mol. The normalized spacial score (nSPS) is 17.0. The van der Waals surface area contributed by atoms with Crippen LogP contribution in [0.1, 0.15) is 47.9 Å². The maximum Gasteiger partial charge on any atom is 0.173 e. The van der Waals surface area contributed by atoms with E-state index in [9.17, 15) is 0 Å². The van der Waals surface area contributed by atoms with E-state index in [2.05, 4.69) is 128 Å². The first-order valence-corrected chi connectivity index (χ1v) is 16.6. The zero-order valence-electron chi connectivity index (χ0n) is 25.6. The van der Waals surface area contributed by atoms with Crippen LogP contribution in [0.25, 0.3) is 28.1 Å². The monoisotopic (exact) mass is 613 g/mol. The van der Waals surface area contributed by atoms with Crippen molar-refractivity contribution in [3.63, 3.8) is 0 Å². The van der Waals surface area contributed by atoms with Gasteiger partial charge in [0.25, 0.3) is 0 Å². The molecule has 0 fully saturated rings. The summed E-state index contributed by atoms with van der Waals surface area (Å²) in [4.78, 5) is 7.31. The van der Waals surface area contributed by atoms with Gasteiger partial charge < -0.3 is 9.64 Å². The lowest BCUT2D eigenvalue weighted by atomic mass is 9.82. The molecule has 0 saturated carbocycles. The number of allylic oxidation sites excluding steroid dienone is 4. The highest BCUT2D eigenvalue weighted by Crippen LogP contribution is 2.51. The van der Waals surface area contributed by atoms with Gasteiger partial charge in [-0.2, -0.15) is 4.37 Å². The minimum atomic E-state index is -0.00392. The van der Waals surface area contributed by atoms with Crippen molar-refractivity contribution in [2.24, 2.45) is 0 Å². The van der Waals surface area contributed by atoms with Crippen LogP contribution in [0.4, 0.5) is 17.1 Å². The molecule has 0 spiro atoms. The van der Waals surface area contributed by atoms with E-state index in [1.54, 1.807) is 0 Å². The van der Waals surface area contributed by atoms with Crippen LogP contribution in [-0.4, -0.2) is 9.36 Å². The first-order valence-electron chi connectivity index (χ1n) is 15.8. The number of fused-ring (bicyclic) bond motifs is 5. The van der Waals surface area contributed by atoms with Crippen molar-refractivity contribution in [1.82, 2.24) is 9.36 Å². The quantitative estimate of drug-likeness (QED) is 0.198. The number of nitrogens with zero attached hydrogens (tertiary/aromatic N) is 3. The Morgan fingerprint density at radius 3 is 2.28 bits per heavy atom. The zero-order valence-corrected chi connectivity index (χ0v) is 26.5. The summed E-state index contributed by atoms with van der Waals surface area (Å²) in [5.41, 5.74) is 12.0. The number of para-hydroxylation sites is 4. The van der Waals surface area contributed by atoms with Crippen LogP contribution >= 0.6 is 11.5 Å². The van der Waals surface area contributed by atoms with Gasteiger partial charge in [-0.05, 0) is 88.2 Å². The molecule has 4 nitrogen and oxygen atoms in total. The average molecular weight is 614 g/mol. The molecule has 0 saturated heterocycles. The number of anilines is 3. The maximum absolute atomic E-state index is 6.23. The lowest BCUT2D eigenvalue weighted by Crippen LogP contribution is -2.16. The number of rotatable bonds is 4. The van der Waals surface area contributed by atoms with Gasteiger partial charge in [-0.1, -0.05) is 105 Å². The minimum absolute atomic E-state index is 0.00392. The van der Waals surface area contributed by atoms with Crippen molar-refractivity contribution >= 4 is 34.2 Å². The molecule has 9 rings (SSSR count). The van der Waals surface area contributed by atoms with Crippen molar-refractivity contribution < 1.29 is 4.74 Å². The fraction of sp³-hybridized carbons (Fsp3) is 0.122. The predicted octanol–water partition coefficient (Wildman–Crippen LogP) is 11.2. The highest BCUT2D eigenvalue weighted by atomic mass is 32.1. The van der Waals surface area contributed by atoms with E-state index >= 15 is 0 Å². The van der Waals surface area contributed by atoms with E-state index in [1.165, 1.54) is 39.3 Å². The summed E-state index contributed by atoms with van der Waals surface area (Å²) in [5, 5.41) is 0.959. The van der Waals surface area contributed by atoms with Crippen molar-refractivity contribution in [3.05, 3.63) is 155 Å². The van der Waals surface area contributed by atoms with Gasteiger partial charge in [-0.15, -0.1) is 0 Å². The molecule has 0 amide bonds. The Morgan fingerprint density at radius 2 is 1.50 bits per heavy atom. The van der Waals surface area contributed by atoms with Crippen molar-refractivity contribution in [3.8, 4) is 34.0 Å². The molecule has 2 heterocycles. The second kappa shape index (κ2) is 10.4. The van der Waals surface area contributed by atoms with Crippen molar-refractivity contribution in [1.29, 1.82) is 0 Å². The molecule has 46 heavy (non-hydrogen) atoms. The van der Waals surface area contributed by atoms with Crippen LogP contribution in [0.2, 0.25) is 0 Å². The summed E-state index contributed by atoms with van der Waals surface area (Å²) in [6.07, 6.45) is 7.74. The Labute approximate surface area is 273 Å². The van der Waals surface area contributed by atoms with Crippen LogP contribution in [0.5, 0.6) is 11.5 Å². The first kappa shape index (κ1) is 27.1. The molecule has 3 aliphatic rings. The van der Waals surface area contributed by atoms with Gasteiger partial charge in [0.15, 0.2) is 17.3 Å². The van der Waals surface area contributed by atoms with E-state index < -0.39 is 0 Å². The van der Waals surface area contributed by atoms with Gasteiger partial charge in [0.1, 0.15) is 5.01 Å². The Hall–Kier alpha value is -5.26. The molecule has 6 aromatic rings. The van der Waals surface area contributed by atoms with Gasteiger partial charge in [0, 0.05) is 28.2 Å². The molecule has 1 aliphatic heterocycles. The summed E-state index contributed by atoms with van der Waals surface area (Å²) < 4.78 is 11.0. The molecule has 5 aromatic carbocycles. The summed E-state index contributed by atoms with van der Waals surface area (Å²) in [6.45, 7) is 4.62. The topological polar surface area (TPSA) is 38.2 Å². The molecule has 0 bridgehead atoms. The molecule has 1 atom stereocenters. The molecular weight excluding hydrogens is 583 g/mol. The second-order valence-electron chi connectivity index (χ2n) is 12.7. The first-order chi connectivity index (χ1) is 22.5. The van der Waals surface area contributed by atoms with E-state index in [0.29, 0.717) is 0 Å². The van der Waals surface area contributed by atoms with Crippen LogP contribution < -0.4 is 9.64 Å². The maximum atomic E-state index is 6.23. The molecule has 2 aliphatic carbocycles. The van der Waals surface area contributed by atoms with Crippen molar-refractivity contribution in [2.75, 3.05) is 4.90 Å². The minimum Gasteiger partial charge on any atom is -0.453 e. The van der Waals surface area contributed by atoms with E-state index in [4.69, 9.17) is 14.1 Å². The SMILES string of the molecule is CC1(C)c2ccccc2-c2cc(-c3nsc(C4=CCC(c5cccc(N6c7ccccc7Oc7ccccc76)c5)C=C4)n3)ccc21. The highest BCUT2D eigenvalue weighted by molar-refractivity contribution is 7.06. The largest absolute Gasteiger partial charge is 0.453 e. The Kier molecular flexibility index (Phi) is 6.12. The van der Waals surface area contributed by atoms with Gasteiger partial charge in [0.2, 0.25) is 0 Å². The molecule has 5 heteroatoms. The summed E-state index contributed by atoms with van der Waals surface area (Å²) >= 11 is 1.48. The lowest BCUT2D eigenvalue weighted by Gasteiger charge is -2.33. The van der Waals surface area contributed by atoms with Crippen LogP contribution in [0, 0.1) is 0 Å². The Balaban J connectivity index is 0.974. The zero-order chi connectivity index (χ0) is 30.8. The standard InChI is InChI=1S/C41H31N3OS/c1-41(2)33-13-4-3-12-31(33)32-25-29(22-23-34(32)41)39-42-40(46-43-39)27-20-18-26(19-21-27)28-10-9-11-30(24-28)44-35-14-5-7-16-37(35)45-38-17-8-6-15-36(38)44/h3-18,20-26H,19H2,1-2H3. The highest BCUT2D eigenvalue weighted by Gasteiger charge is 2.35. The van der Waals surface area contributed by atoms with Gasteiger partial charge >= 0.3 is 0 Å².